The van der Waals surface area contributed by atoms with Gasteiger partial charge in [-0.2, -0.15) is 0 Å². The summed E-state index contributed by atoms with van der Waals surface area (Å²) in [4.78, 5) is 2.46. The maximum Gasteiger partial charge on any atom is 0.136 e. The third kappa shape index (κ3) is 4.30. The van der Waals surface area contributed by atoms with Gasteiger partial charge < -0.3 is 9.32 Å². The summed E-state index contributed by atoms with van der Waals surface area (Å²) in [7, 11) is 0. The van der Waals surface area contributed by atoms with E-state index in [1.54, 1.807) is 0 Å². The highest BCUT2D eigenvalue weighted by Crippen LogP contribution is 2.54. The lowest BCUT2D eigenvalue weighted by atomic mass is 9.82. The molecule has 0 bridgehead atoms. The van der Waals surface area contributed by atoms with Crippen molar-refractivity contribution in [1.82, 2.24) is 0 Å². The number of thiophene rings is 1. The van der Waals surface area contributed by atoms with E-state index >= 15 is 0 Å². The molecule has 0 aliphatic heterocycles. The molecule has 2 nitrogen and oxygen atoms in total. The lowest BCUT2D eigenvalue weighted by Gasteiger charge is -2.29. The van der Waals surface area contributed by atoms with E-state index in [1.807, 2.05) is 11.3 Å². The zero-order chi connectivity index (χ0) is 34.6. The molecule has 0 fully saturated rings. The number of rotatable bonds is 4. The molecule has 2 aromatic heterocycles. The van der Waals surface area contributed by atoms with Gasteiger partial charge in [0.05, 0.1) is 5.69 Å². The van der Waals surface area contributed by atoms with Gasteiger partial charge >= 0.3 is 0 Å². The molecular formula is C49H33NOS. The lowest BCUT2D eigenvalue weighted by molar-refractivity contribution is 0.660. The standard InChI is InChI=1S/C49H33NOS/c1-49(2)41-14-7-5-13-37(41)48-42(49)15-9-16-43(48)50(35-23-25-47-40(29-35)36-12-6-8-17-46(36)52-47)34-21-18-30(19-22-34)33-20-24-44-38(27-33)39-26-31-10-3-4-11-32(31)28-45(39)51-44/h3-29H,1-2H3. The summed E-state index contributed by atoms with van der Waals surface area (Å²) in [5, 5.41) is 7.30. The predicted octanol–water partition coefficient (Wildman–Crippen LogP) is 14.6. The van der Waals surface area contributed by atoms with Crippen LogP contribution in [0.4, 0.5) is 17.1 Å². The summed E-state index contributed by atoms with van der Waals surface area (Å²) in [6.07, 6.45) is 0. The summed E-state index contributed by atoms with van der Waals surface area (Å²) in [6, 6.07) is 60.0. The fourth-order valence-corrected chi connectivity index (χ4v) is 9.73. The van der Waals surface area contributed by atoms with Crippen molar-refractivity contribution in [2.45, 2.75) is 19.3 Å². The summed E-state index contributed by atoms with van der Waals surface area (Å²) >= 11 is 1.86. The van der Waals surface area contributed by atoms with Crippen LogP contribution in [0.25, 0.3) is 75.1 Å². The van der Waals surface area contributed by atoms with Gasteiger partial charge in [0.25, 0.3) is 0 Å². The van der Waals surface area contributed by atoms with Crippen LogP contribution in [0.1, 0.15) is 25.0 Å². The van der Waals surface area contributed by atoms with Crippen molar-refractivity contribution in [3.05, 3.63) is 175 Å². The SMILES string of the molecule is CC1(C)c2ccccc2-c2c(N(c3ccc(-c4ccc5oc6cc7ccccc7cc6c5c4)cc3)c3ccc4sc5ccccc5c4c3)cccc21. The molecule has 0 saturated carbocycles. The maximum absolute atomic E-state index is 6.32. The van der Waals surface area contributed by atoms with E-state index in [-0.39, 0.29) is 5.41 Å². The van der Waals surface area contributed by atoms with E-state index in [0.717, 1.165) is 33.3 Å². The molecule has 1 aliphatic carbocycles. The Morgan fingerprint density at radius 2 is 1.17 bits per heavy atom. The molecule has 3 heteroatoms. The second-order valence-electron chi connectivity index (χ2n) is 14.5. The van der Waals surface area contributed by atoms with Crippen LogP contribution < -0.4 is 4.90 Å². The zero-order valence-corrected chi connectivity index (χ0v) is 29.7. The average Bonchev–Trinajstić information content (AvgIpc) is 3.81. The topological polar surface area (TPSA) is 16.4 Å². The molecule has 0 atom stereocenters. The number of furan rings is 1. The molecule has 1 aliphatic rings. The Bertz CT molecular complexity index is 3050. The summed E-state index contributed by atoms with van der Waals surface area (Å²) in [5.41, 5.74) is 12.9. The fourth-order valence-electron chi connectivity index (χ4n) is 8.65. The first-order chi connectivity index (χ1) is 25.5. The van der Waals surface area contributed by atoms with E-state index in [1.165, 1.54) is 70.0 Å². The lowest BCUT2D eigenvalue weighted by Crippen LogP contribution is -2.16. The third-order valence-corrected chi connectivity index (χ3v) is 12.4. The molecule has 0 radical (unpaired) electrons. The Kier molecular flexibility index (Phi) is 6.21. The van der Waals surface area contributed by atoms with Crippen molar-refractivity contribution in [3.63, 3.8) is 0 Å². The minimum Gasteiger partial charge on any atom is -0.456 e. The number of nitrogens with zero attached hydrogens (tertiary/aromatic N) is 1. The molecule has 11 rings (SSSR count). The van der Waals surface area contributed by atoms with Gasteiger partial charge in [-0.15, -0.1) is 11.3 Å². The minimum atomic E-state index is -0.0901. The largest absolute Gasteiger partial charge is 0.456 e. The van der Waals surface area contributed by atoms with Gasteiger partial charge in [-0.25, -0.2) is 0 Å². The van der Waals surface area contributed by atoms with Gasteiger partial charge in [0.1, 0.15) is 11.2 Å². The Hall–Kier alpha value is -6.16. The van der Waals surface area contributed by atoms with Crippen LogP contribution in [0.5, 0.6) is 0 Å². The molecule has 0 amide bonds. The Morgan fingerprint density at radius 3 is 2.06 bits per heavy atom. The monoisotopic (exact) mass is 683 g/mol. The Balaban J connectivity index is 1.08. The molecule has 52 heavy (non-hydrogen) atoms. The van der Waals surface area contributed by atoms with E-state index in [2.05, 4.69) is 183 Å². The molecular weight excluding hydrogens is 651 g/mol. The fraction of sp³-hybridized carbons (Fsp3) is 0.0612. The Morgan fingerprint density at radius 1 is 0.481 bits per heavy atom. The second kappa shape index (κ2) is 10.9. The van der Waals surface area contributed by atoms with Crippen LogP contribution in [-0.4, -0.2) is 0 Å². The third-order valence-electron chi connectivity index (χ3n) is 11.2. The molecule has 2 heterocycles. The quantitative estimate of drug-likeness (QED) is 0.184. The van der Waals surface area contributed by atoms with Gasteiger partial charge in [0.2, 0.25) is 0 Å². The van der Waals surface area contributed by atoms with Crippen LogP contribution in [0.15, 0.2) is 168 Å². The molecule has 8 aromatic carbocycles. The van der Waals surface area contributed by atoms with Crippen molar-refractivity contribution in [3.8, 4) is 22.3 Å². The van der Waals surface area contributed by atoms with Crippen molar-refractivity contribution in [2.24, 2.45) is 0 Å². The highest BCUT2D eigenvalue weighted by atomic mass is 32.1. The molecule has 0 unspecified atom stereocenters. The van der Waals surface area contributed by atoms with Gasteiger partial charge in [0, 0.05) is 53.3 Å². The molecule has 0 spiro atoms. The summed E-state index contributed by atoms with van der Waals surface area (Å²) in [6.45, 7) is 4.71. The van der Waals surface area contributed by atoms with Gasteiger partial charge in [-0.05, 0) is 105 Å². The van der Waals surface area contributed by atoms with Crippen LogP contribution >= 0.6 is 11.3 Å². The van der Waals surface area contributed by atoms with Crippen molar-refractivity contribution < 1.29 is 4.42 Å². The van der Waals surface area contributed by atoms with E-state index in [9.17, 15) is 0 Å². The Labute approximate surface area is 305 Å². The van der Waals surface area contributed by atoms with Crippen molar-refractivity contribution >= 4 is 81.3 Å². The first kappa shape index (κ1) is 29.6. The smallest absolute Gasteiger partial charge is 0.136 e. The van der Waals surface area contributed by atoms with Gasteiger partial charge in [-0.1, -0.05) is 111 Å². The van der Waals surface area contributed by atoms with E-state index in [4.69, 9.17) is 4.42 Å². The van der Waals surface area contributed by atoms with Crippen LogP contribution in [0.2, 0.25) is 0 Å². The predicted molar refractivity (Wildman–Crippen MR) is 222 cm³/mol. The first-order valence-corrected chi connectivity index (χ1v) is 18.7. The maximum atomic E-state index is 6.32. The zero-order valence-electron chi connectivity index (χ0n) is 28.9. The number of anilines is 3. The molecule has 246 valence electrons. The van der Waals surface area contributed by atoms with Crippen LogP contribution in [0.3, 0.4) is 0 Å². The minimum absolute atomic E-state index is 0.0901. The normalized spacial score (nSPS) is 13.3. The number of benzene rings is 8. The first-order valence-electron chi connectivity index (χ1n) is 17.9. The van der Waals surface area contributed by atoms with E-state index < -0.39 is 0 Å². The summed E-state index contributed by atoms with van der Waals surface area (Å²) < 4.78 is 8.94. The van der Waals surface area contributed by atoms with Crippen LogP contribution in [0, 0.1) is 0 Å². The molecule has 10 aromatic rings. The number of fused-ring (bicyclic) bond motifs is 10. The van der Waals surface area contributed by atoms with E-state index in [0.29, 0.717) is 0 Å². The highest BCUT2D eigenvalue weighted by molar-refractivity contribution is 7.25. The second-order valence-corrected chi connectivity index (χ2v) is 15.6. The van der Waals surface area contributed by atoms with Crippen molar-refractivity contribution in [1.29, 1.82) is 0 Å². The van der Waals surface area contributed by atoms with Gasteiger partial charge in [-0.3, -0.25) is 0 Å². The van der Waals surface area contributed by atoms with Crippen molar-refractivity contribution in [2.75, 3.05) is 4.90 Å². The highest BCUT2D eigenvalue weighted by Gasteiger charge is 2.37. The molecule has 0 N–H and O–H groups in total. The number of hydrogen-bond donors (Lipinski definition) is 0. The van der Waals surface area contributed by atoms with Gasteiger partial charge in [0.15, 0.2) is 0 Å². The number of hydrogen-bond acceptors (Lipinski definition) is 3. The van der Waals surface area contributed by atoms with Crippen LogP contribution in [-0.2, 0) is 5.41 Å². The molecule has 0 saturated heterocycles. The average molecular weight is 684 g/mol. The summed E-state index contributed by atoms with van der Waals surface area (Å²) in [5.74, 6) is 0.